The highest BCUT2D eigenvalue weighted by molar-refractivity contribution is 5.47. The third kappa shape index (κ3) is 12.3. The van der Waals surface area contributed by atoms with Gasteiger partial charge in [0.2, 0.25) is 12.7 Å². The standard InChI is InChI=1S/2C11H20N2.CH2O3/c2*1-4-10(3)8-11(5-2)13-7-6-12-9-13;2-1(3)4/h2*6-7,9-11H,4-5,8H2,1-3H3;(H2,2,3,4). The molecule has 0 saturated carbocycles. The number of aromatic amines is 2. The Bertz CT molecular complexity index is 575. The number of carbonyl (C=O) groups excluding carboxylic acids is 1. The van der Waals surface area contributed by atoms with Crippen LogP contribution in [0.2, 0.25) is 0 Å². The van der Waals surface area contributed by atoms with Gasteiger partial charge in [-0.2, -0.15) is 0 Å². The van der Waals surface area contributed by atoms with E-state index in [1.54, 1.807) is 0 Å². The molecule has 7 nitrogen and oxygen atoms in total. The van der Waals surface area contributed by atoms with Gasteiger partial charge in [-0.3, -0.25) is 9.97 Å². The molecule has 4 unspecified atom stereocenters. The second-order valence-corrected chi connectivity index (χ2v) is 7.99. The second kappa shape index (κ2) is 16.5. The van der Waals surface area contributed by atoms with E-state index in [4.69, 9.17) is 15.0 Å². The van der Waals surface area contributed by atoms with Crippen molar-refractivity contribution in [1.82, 2.24) is 9.97 Å². The van der Waals surface area contributed by atoms with Crippen LogP contribution in [-0.4, -0.2) is 16.1 Å². The van der Waals surface area contributed by atoms with Crippen LogP contribution in [0.25, 0.3) is 0 Å². The van der Waals surface area contributed by atoms with Crippen molar-refractivity contribution >= 4 is 6.16 Å². The van der Waals surface area contributed by atoms with Gasteiger partial charge in [0.15, 0.2) is 0 Å². The molecule has 172 valence electrons. The van der Waals surface area contributed by atoms with E-state index in [0.29, 0.717) is 12.1 Å². The van der Waals surface area contributed by atoms with Crippen molar-refractivity contribution in [3.05, 3.63) is 37.4 Å². The average molecular weight is 423 g/mol. The van der Waals surface area contributed by atoms with Crippen LogP contribution < -0.4 is 19.3 Å². The van der Waals surface area contributed by atoms with Gasteiger partial charge in [0.25, 0.3) is 0 Å². The summed E-state index contributed by atoms with van der Waals surface area (Å²) in [5, 5.41) is 16.7. The number of nitrogens with zero attached hydrogens (tertiary/aromatic N) is 2. The van der Waals surface area contributed by atoms with E-state index in [9.17, 15) is 0 Å². The predicted molar refractivity (Wildman–Crippen MR) is 114 cm³/mol. The molecule has 0 aliphatic rings. The van der Waals surface area contributed by atoms with Crippen molar-refractivity contribution < 1.29 is 24.1 Å². The Kier molecular flexibility index (Phi) is 15.2. The number of carboxylic acid groups (broad SMARTS) is 2. The number of rotatable bonds is 10. The van der Waals surface area contributed by atoms with Crippen molar-refractivity contribution in [2.24, 2.45) is 11.8 Å². The Morgan fingerprint density at radius 1 is 0.767 bits per heavy atom. The van der Waals surface area contributed by atoms with Crippen LogP contribution in [0.3, 0.4) is 0 Å². The summed E-state index contributed by atoms with van der Waals surface area (Å²) in [6.07, 6.45) is 17.5. The Morgan fingerprint density at radius 2 is 1.10 bits per heavy atom. The molecule has 0 aliphatic carbocycles. The molecule has 30 heavy (non-hydrogen) atoms. The maximum Gasteiger partial charge on any atom is 0.241 e. The van der Waals surface area contributed by atoms with Crippen LogP contribution >= 0.6 is 0 Å². The first-order chi connectivity index (χ1) is 14.3. The van der Waals surface area contributed by atoms with Gasteiger partial charge in [0.05, 0.1) is 0 Å². The van der Waals surface area contributed by atoms with Crippen LogP contribution in [0, 0.1) is 11.8 Å². The summed E-state index contributed by atoms with van der Waals surface area (Å²) < 4.78 is 4.57. The summed E-state index contributed by atoms with van der Waals surface area (Å²) in [4.78, 5) is 14.5. The van der Waals surface area contributed by atoms with Gasteiger partial charge in [-0.05, 0) is 43.7 Å². The molecule has 0 radical (unpaired) electrons. The predicted octanol–water partition coefficient (Wildman–Crippen LogP) is 2.93. The van der Waals surface area contributed by atoms with E-state index in [-0.39, 0.29) is 0 Å². The summed E-state index contributed by atoms with van der Waals surface area (Å²) in [6, 6.07) is 1.34. The fourth-order valence-corrected chi connectivity index (χ4v) is 3.32. The van der Waals surface area contributed by atoms with Crippen molar-refractivity contribution in [3.63, 3.8) is 0 Å². The summed E-state index contributed by atoms with van der Waals surface area (Å²) in [5.74, 6) is 1.65. The number of nitrogens with one attached hydrogen (secondary N) is 2. The summed E-state index contributed by atoms with van der Waals surface area (Å²) in [5.41, 5.74) is 0. The fraction of sp³-hybridized carbons (Fsp3) is 0.696. The van der Waals surface area contributed by atoms with Gasteiger partial charge < -0.3 is 15.0 Å². The monoisotopic (exact) mass is 422 g/mol. The van der Waals surface area contributed by atoms with Crippen LogP contribution in [0.15, 0.2) is 37.4 Å². The van der Waals surface area contributed by atoms with Gasteiger partial charge >= 0.3 is 0 Å². The lowest BCUT2D eigenvalue weighted by Crippen LogP contribution is -2.37. The highest BCUT2D eigenvalue weighted by Gasteiger charge is 2.16. The zero-order valence-corrected chi connectivity index (χ0v) is 19.6. The molecule has 2 aromatic rings. The number of hydrogen-bond acceptors (Lipinski definition) is 3. The van der Waals surface area contributed by atoms with E-state index in [1.807, 2.05) is 12.4 Å². The minimum atomic E-state index is -2.33. The Morgan fingerprint density at radius 3 is 1.30 bits per heavy atom. The topological polar surface area (TPSA) is 103 Å². The first kappa shape index (κ1) is 27.7. The van der Waals surface area contributed by atoms with E-state index < -0.39 is 6.16 Å². The maximum atomic E-state index is 8.33. The Balaban J connectivity index is 0.000000477. The second-order valence-electron chi connectivity index (χ2n) is 7.99. The minimum Gasteiger partial charge on any atom is -0.652 e. The Labute approximate surface area is 182 Å². The van der Waals surface area contributed by atoms with Crippen molar-refractivity contribution in [2.45, 2.75) is 92.2 Å². The fourth-order valence-electron chi connectivity index (χ4n) is 3.32. The molecule has 0 amide bonds. The largest absolute Gasteiger partial charge is 0.652 e. The van der Waals surface area contributed by atoms with Crippen LogP contribution in [-0.2, 0) is 0 Å². The van der Waals surface area contributed by atoms with Crippen molar-refractivity contribution in [1.29, 1.82) is 0 Å². The molecule has 0 spiro atoms. The molecule has 0 aromatic carbocycles. The molecule has 2 rings (SSSR count). The molecule has 2 N–H and O–H groups in total. The average Bonchev–Trinajstić information content (AvgIpc) is 3.44. The smallest absolute Gasteiger partial charge is 0.241 e. The van der Waals surface area contributed by atoms with E-state index in [2.05, 4.69) is 85.7 Å². The molecule has 2 aromatic heterocycles. The lowest BCUT2D eigenvalue weighted by atomic mass is 9.98. The van der Waals surface area contributed by atoms with Crippen LogP contribution in [0.4, 0.5) is 4.79 Å². The van der Waals surface area contributed by atoms with Gasteiger partial charge in [0.1, 0.15) is 36.9 Å². The van der Waals surface area contributed by atoms with Crippen molar-refractivity contribution in [2.75, 3.05) is 0 Å². The van der Waals surface area contributed by atoms with E-state index in [1.165, 1.54) is 38.5 Å². The lowest BCUT2D eigenvalue weighted by molar-refractivity contribution is -0.723. The molecule has 7 heteroatoms. The first-order valence-electron chi connectivity index (χ1n) is 11.2. The highest BCUT2D eigenvalue weighted by atomic mass is 16.6. The number of aromatic nitrogens is 4. The van der Waals surface area contributed by atoms with Gasteiger partial charge in [-0.15, -0.1) is 0 Å². The van der Waals surface area contributed by atoms with Crippen molar-refractivity contribution in [3.8, 4) is 0 Å². The van der Waals surface area contributed by atoms with E-state index >= 15 is 0 Å². The molecular weight excluding hydrogens is 380 g/mol. The molecule has 0 fully saturated rings. The number of imidazole rings is 2. The van der Waals surface area contributed by atoms with E-state index in [0.717, 1.165) is 11.8 Å². The minimum absolute atomic E-state index is 0.668. The highest BCUT2D eigenvalue weighted by Crippen LogP contribution is 2.18. The normalized spacial score (nSPS) is 14.3. The van der Waals surface area contributed by atoms with Gasteiger partial charge in [0, 0.05) is 0 Å². The third-order valence-electron chi connectivity index (χ3n) is 5.66. The summed E-state index contributed by atoms with van der Waals surface area (Å²) >= 11 is 0. The third-order valence-corrected chi connectivity index (χ3v) is 5.66. The number of hydrogen-bond donors (Lipinski definition) is 2. The zero-order chi connectivity index (χ0) is 22.9. The molecule has 0 bridgehead atoms. The van der Waals surface area contributed by atoms with Crippen LogP contribution in [0.5, 0.6) is 0 Å². The number of carbonyl (C=O) groups is 1. The molecule has 0 saturated heterocycles. The zero-order valence-electron chi connectivity index (χ0n) is 19.6. The molecular formula is C23H42N4O3. The quantitative estimate of drug-likeness (QED) is 0.575. The molecule has 4 atom stereocenters. The lowest BCUT2D eigenvalue weighted by Gasteiger charge is -2.15. The first-order valence-corrected chi connectivity index (χ1v) is 11.2. The molecule has 0 aliphatic heterocycles. The number of H-pyrrole nitrogens is 2. The SMILES string of the molecule is CCC(C)CC(CC)[n+]1cc[nH]c1.CCC(C)CC(CC)[n+]1cc[nH]c1.O=C([O-])[O-]. The Hall–Kier alpha value is -2.31. The van der Waals surface area contributed by atoms with Gasteiger partial charge in [-0.25, -0.2) is 9.13 Å². The summed E-state index contributed by atoms with van der Waals surface area (Å²) in [6.45, 7) is 13.7. The van der Waals surface area contributed by atoms with Crippen LogP contribution in [0.1, 0.15) is 92.2 Å². The molecule has 2 heterocycles. The summed E-state index contributed by atoms with van der Waals surface area (Å²) in [7, 11) is 0. The maximum absolute atomic E-state index is 8.33. The van der Waals surface area contributed by atoms with Gasteiger partial charge in [-0.1, -0.05) is 54.4 Å².